The van der Waals surface area contributed by atoms with E-state index >= 15 is 0 Å². The molecule has 0 atom stereocenters. The van der Waals surface area contributed by atoms with Crippen LogP contribution in [-0.4, -0.2) is 4.57 Å². The number of para-hydroxylation sites is 4. The van der Waals surface area contributed by atoms with E-state index in [4.69, 9.17) is 8.83 Å². The van der Waals surface area contributed by atoms with Crippen LogP contribution >= 0.6 is 0 Å². The van der Waals surface area contributed by atoms with Crippen LogP contribution in [0.3, 0.4) is 0 Å². The molecule has 1 aliphatic heterocycles. The molecule has 11 rings (SSSR count). The van der Waals surface area contributed by atoms with Crippen LogP contribution in [0.15, 0.2) is 179 Å². The van der Waals surface area contributed by atoms with E-state index in [0.717, 1.165) is 100.0 Å². The van der Waals surface area contributed by atoms with Crippen molar-refractivity contribution in [1.29, 1.82) is 0 Å². The van der Waals surface area contributed by atoms with Gasteiger partial charge in [-0.05, 0) is 83.4 Å². The SMILES string of the molecule is C=C1c2ccc(-c3ccc4c(c3)c3ccc5c6ccccc6oc5c3n4-c3ccccc3)cc2N(c2ccccc2)/C=C\c2oc3ccccc3c21. The smallest absolute Gasteiger partial charge is 0.160 e. The van der Waals surface area contributed by atoms with E-state index in [2.05, 4.69) is 156 Å². The Bertz CT molecular complexity index is 3090. The van der Waals surface area contributed by atoms with Crippen molar-refractivity contribution in [2.75, 3.05) is 4.90 Å². The van der Waals surface area contributed by atoms with Crippen molar-refractivity contribution in [3.8, 4) is 16.8 Å². The van der Waals surface area contributed by atoms with Gasteiger partial charge in [-0.25, -0.2) is 0 Å². The number of nitrogens with zero attached hydrogens (tertiary/aromatic N) is 2. The van der Waals surface area contributed by atoms with Gasteiger partial charge in [0.2, 0.25) is 0 Å². The second-order valence-corrected chi connectivity index (χ2v) is 13.4. The molecule has 0 saturated heterocycles. The lowest BCUT2D eigenvalue weighted by Gasteiger charge is -2.27. The molecule has 7 aromatic carbocycles. The summed E-state index contributed by atoms with van der Waals surface area (Å²) >= 11 is 0. The van der Waals surface area contributed by atoms with Crippen LogP contribution in [0, 0.1) is 0 Å². The van der Waals surface area contributed by atoms with Crippen molar-refractivity contribution in [2.24, 2.45) is 0 Å². The zero-order valence-electron chi connectivity index (χ0n) is 28.1. The molecule has 0 amide bonds. The summed E-state index contributed by atoms with van der Waals surface area (Å²) in [4.78, 5) is 2.23. The lowest BCUT2D eigenvalue weighted by molar-refractivity contribution is 0.603. The molecule has 0 aliphatic carbocycles. The van der Waals surface area contributed by atoms with Gasteiger partial charge in [0.1, 0.15) is 16.9 Å². The van der Waals surface area contributed by atoms with Gasteiger partial charge < -0.3 is 18.3 Å². The average molecular weight is 667 g/mol. The molecule has 0 N–H and O–H groups in total. The predicted octanol–water partition coefficient (Wildman–Crippen LogP) is 13.3. The first-order valence-corrected chi connectivity index (χ1v) is 17.5. The Balaban J connectivity index is 1.14. The van der Waals surface area contributed by atoms with Gasteiger partial charge in [-0.3, -0.25) is 0 Å². The molecule has 0 radical (unpaired) electrons. The number of benzene rings is 7. The van der Waals surface area contributed by atoms with Crippen LogP contribution < -0.4 is 4.90 Å². The minimum atomic E-state index is 0.806. The third-order valence-corrected chi connectivity index (χ3v) is 10.5. The second-order valence-electron chi connectivity index (χ2n) is 13.4. The molecule has 4 heteroatoms. The molecule has 0 saturated carbocycles. The minimum absolute atomic E-state index is 0.806. The highest BCUT2D eigenvalue weighted by Gasteiger charge is 2.24. The van der Waals surface area contributed by atoms with Crippen LogP contribution in [0.1, 0.15) is 16.9 Å². The summed E-state index contributed by atoms with van der Waals surface area (Å²) < 4.78 is 15.3. The fourth-order valence-electron chi connectivity index (χ4n) is 8.14. The topological polar surface area (TPSA) is 34.5 Å². The highest BCUT2D eigenvalue weighted by atomic mass is 16.3. The van der Waals surface area contributed by atoms with Gasteiger partial charge in [0.15, 0.2) is 5.58 Å². The van der Waals surface area contributed by atoms with Gasteiger partial charge in [-0.2, -0.15) is 0 Å². The Hall–Kier alpha value is -7.04. The van der Waals surface area contributed by atoms with Crippen molar-refractivity contribution in [1.82, 2.24) is 4.57 Å². The van der Waals surface area contributed by atoms with Gasteiger partial charge in [-0.1, -0.05) is 104 Å². The summed E-state index contributed by atoms with van der Waals surface area (Å²) in [5.41, 5.74) is 13.3. The summed E-state index contributed by atoms with van der Waals surface area (Å²) in [7, 11) is 0. The third kappa shape index (κ3) is 4.15. The number of anilines is 2. The molecule has 0 bridgehead atoms. The van der Waals surface area contributed by atoms with Crippen molar-refractivity contribution >= 4 is 77.7 Å². The lowest BCUT2D eigenvalue weighted by atomic mass is 9.91. The molecule has 244 valence electrons. The predicted molar refractivity (Wildman–Crippen MR) is 215 cm³/mol. The number of furan rings is 2. The summed E-state index contributed by atoms with van der Waals surface area (Å²) in [5, 5.41) is 5.63. The maximum absolute atomic E-state index is 6.62. The fraction of sp³-hybridized carbons (Fsp3) is 0. The number of fused-ring (bicyclic) bond motifs is 11. The van der Waals surface area contributed by atoms with Gasteiger partial charge in [0.05, 0.1) is 16.7 Å². The van der Waals surface area contributed by atoms with Crippen molar-refractivity contribution < 1.29 is 8.83 Å². The van der Waals surface area contributed by atoms with Gasteiger partial charge >= 0.3 is 0 Å². The van der Waals surface area contributed by atoms with Crippen LogP contribution in [0.2, 0.25) is 0 Å². The molecule has 4 heterocycles. The lowest BCUT2D eigenvalue weighted by Crippen LogP contribution is -2.12. The van der Waals surface area contributed by atoms with Crippen LogP contribution in [0.25, 0.3) is 83.2 Å². The highest BCUT2D eigenvalue weighted by Crippen LogP contribution is 2.45. The fourth-order valence-corrected chi connectivity index (χ4v) is 8.14. The van der Waals surface area contributed by atoms with E-state index < -0.39 is 0 Å². The Kier molecular flexibility index (Phi) is 6.07. The van der Waals surface area contributed by atoms with E-state index in [-0.39, 0.29) is 0 Å². The van der Waals surface area contributed by atoms with Gasteiger partial charge in [0.25, 0.3) is 0 Å². The number of hydrogen-bond acceptors (Lipinski definition) is 3. The maximum atomic E-state index is 6.62. The van der Waals surface area contributed by atoms with E-state index in [1.54, 1.807) is 0 Å². The molecule has 0 fully saturated rings. The number of hydrogen-bond donors (Lipinski definition) is 0. The quantitative estimate of drug-likeness (QED) is 0.188. The first kappa shape index (κ1) is 28.8. The first-order valence-electron chi connectivity index (χ1n) is 17.5. The molecular weight excluding hydrogens is 637 g/mol. The summed E-state index contributed by atoms with van der Waals surface area (Å²) in [6, 6.07) is 55.5. The van der Waals surface area contributed by atoms with E-state index in [0.29, 0.717) is 0 Å². The maximum Gasteiger partial charge on any atom is 0.160 e. The third-order valence-electron chi connectivity index (χ3n) is 10.5. The zero-order valence-corrected chi connectivity index (χ0v) is 28.1. The van der Waals surface area contributed by atoms with E-state index in [1.165, 1.54) is 5.39 Å². The van der Waals surface area contributed by atoms with Crippen molar-refractivity contribution in [2.45, 2.75) is 0 Å². The van der Waals surface area contributed by atoms with Crippen LogP contribution in [0.5, 0.6) is 0 Å². The van der Waals surface area contributed by atoms with E-state index in [1.807, 2.05) is 30.3 Å². The molecule has 0 unspecified atom stereocenters. The monoisotopic (exact) mass is 666 g/mol. The Morgan fingerprint density at radius 1 is 0.500 bits per heavy atom. The molecule has 52 heavy (non-hydrogen) atoms. The zero-order chi connectivity index (χ0) is 34.3. The largest absolute Gasteiger partial charge is 0.456 e. The Labute approximate surface area is 299 Å². The van der Waals surface area contributed by atoms with Gasteiger partial charge in [-0.15, -0.1) is 0 Å². The van der Waals surface area contributed by atoms with Crippen molar-refractivity contribution in [3.05, 3.63) is 187 Å². The molecular formula is C48H30N2O2. The average Bonchev–Trinajstić information content (AvgIpc) is 3.87. The molecule has 0 spiro atoms. The Morgan fingerprint density at radius 2 is 1.15 bits per heavy atom. The molecule has 4 nitrogen and oxygen atoms in total. The minimum Gasteiger partial charge on any atom is -0.456 e. The number of aromatic nitrogens is 1. The normalized spacial score (nSPS) is 13.5. The highest BCUT2D eigenvalue weighted by molar-refractivity contribution is 6.22. The van der Waals surface area contributed by atoms with E-state index in [9.17, 15) is 0 Å². The molecule has 1 aliphatic rings. The second kappa shape index (κ2) is 11.0. The van der Waals surface area contributed by atoms with Gasteiger partial charge in [0, 0.05) is 55.6 Å². The summed E-state index contributed by atoms with van der Waals surface area (Å²) in [6.07, 6.45) is 4.17. The molecule has 3 aromatic heterocycles. The van der Waals surface area contributed by atoms with Crippen LogP contribution in [-0.2, 0) is 0 Å². The molecule has 10 aromatic rings. The van der Waals surface area contributed by atoms with Crippen molar-refractivity contribution in [3.63, 3.8) is 0 Å². The summed E-state index contributed by atoms with van der Waals surface area (Å²) in [6.45, 7) is 4.67. The standard InChI is InChI=1S/C48H30N2O2/c1-30-35-22-20-32(29-42(35)49(33-12-4-2-5-13-33)27-26-45-46(30)39-17-9-11-19-44(39)51-45)31-21-25-41-40(28-31)37-23-24-38-36-16-8-10-18-43(36)52-48(38)47(37)50(41)34-14-6-3-7-15-34/h2-29H,1H2/b27-26-. The summed E-state index contributed by atoms with van der Waals surface area (Å²) in [5.74, 6) is 0.806. The first-order chi connectivity index (χ1) is 25.7. The Morgan fingerprint density at radius 3 is 1.96 bits per heavy atom. The van der Waals surface area contributed by atoms with Crippen LogP contribution in [0.4, 0.5) is 11.4 Å². The number of rotatable bonds is 3.